The van der Waals surface area contributed by atoms with Crippen molar-refractivity contribution in [2.75, 3.05) is 0 Å². The third kappa shape index (κ3) is 3.12. The van der Waals surface area contributed by atoms with E-state index in [-0.39, 0.29) is 46.0 Å². The highest BCUT2D eigenvalue weighted by Crippen LogP contribution is 2.36. The quantitative estimate of drug-likeness (QED) is 0.371. The van der Waals surface area contributed by atoms with E-state index in [0.717, 1.165) is 5.56 Å². The molecule has 0 amide bonds. The van der Waals surface area contributed by atoms with E-state index in [1.807, 2.05) is 0 Å². The van der Waals surface area contributed by atoms with Crippen LogP contribution in [0, 0.1) is 0 Å². The van der Waals surface area contributed by atoms with Crippen LogP contribution in [0.1, 0.15) is 56.8 Å². The Bertz CT molecular complexity index is 974. The van der Waals surface area contributed by atoms with Crippen molar-refractivity contribution in [1.29, 1.82) is 0 Å². The second kappa shape index (κ2) is 6.96. The van der Waals surface area contributed by atoms with Gasteiger partial charge in [0.15, 0.2) is 11.6 Å². The number of carbonyl (C=O) groups excluding carboxylic acids is 4. The lowest BCUT2D eigenvalue weighted by atomic mass is 9.79. The number of carbonyl (C=O) groups is 4. The molecule has 0 bridgehead atoms. The maximum absolute atomic E-state index is 13.2. The van der Waals surface area contributed by atoms with Gasteiger partial charge in [-0.2, -0.15) is 0 Å². The van der Waals surface area contributed by atoms with Crippen molar-refractivity contribution in [3.05, 3.63) is 63.7 Å². The first-order valence-electron chi connectivity index (χ1n) is 7.95. The molecule has 0 unspecified atom stereocenters. The molecule has 0 aliphatic heterocycles. The van der Waals surface area contributed by atoms with E-state index in [0.29, 0.717) is 10.9 Å². The molecule has 1 aliphatic rings. The number of alkyl halides is 1. The molecule has 0 radical (unpaired) electrons. The summed E-state index contributed by atoms with van der Waals surface area (Å²) in [6.07, 6.45) is 0.0489. The van der Waals surface area contributed by atoms with Crippen LogP contribution in [0.5, 0.6) is 5.75 Å². The number of Topliss-reactive ketones (excluding diaryl/α,β-unsaturated/α-hetero) is 1. The molecule has 3 rings (SSSR count). The molecule has 6 heteroatoms. The van der Waals surface area contributed by atoms with Gasteiger partial charge in [0.25, 0.3) is 0 Å². The molecule has 0 saturated carbocycles. The normalized spacial score (nSPS) is 12.4. The zero-order chi connectivity index (χ0) is 19.0. The molecule has 0 heterocycles. The molecule has 2 aromatic rings. The van der Waals surface area contributed by atoms with Crippen molar-refractivity contribution in [3.8, 4) is 5.75 Å². The molecule has 0 spiro atoms. The number of hydrogen-bond donors (Lipinski definition) is 0. The lowest BCUT2D eigenvalue weighted by molar-refractivity contribution is -0.131. The molecule has 1 aliphatic carbocycles. The first-order chi connectivity index (χ1) is 12.3. The summed E-state index contributed by atoms with van der Waals surface area (Å²) in [7, 11) is 0. The molecular weight excluding hydrogens is 400 g/mol. The molecule has 0 saturated heterocycles. The Hall–Kier alpha value is -2.60. The highest BCUT2D eigenvalue weighted by atomic mass is 79.9. The Kier molecular flexibility index (Phi) is 4.87. The van der Waals surface area contributed by atoms with Crippen molar-refractivity contribution >= 4 is 39.2 Å². The second-order valence-electron chi connectivity index (χ2n) is 6.12. The minimum Gasteiger partial charge on any atom is -0.426 e. The SMILES string of the molecule is CC(=O)Cc1cc(CBr)cc2c1C(=O)c1c(OC(C)=O)cccc1C2=O. The van der Waals surface area contributed by atoms with Gasteiger partial charge in [0.2, 0.25) is 0 Å². The highest BCUT2D eigenvalue weighted by molar-refractivity contribution is 9.08. The largest absolute Gasteiger partial charge is 0.426 e. The Morgan fingerprint density at radius 1 is 1.00 bits per heavy atom. The predicted octanol–water partition coefficient (Wildman–Crippen LogP) is 3.41. The summed E-state index contributed by atoms with van der Waals surface area (Å²) in [6.45, 7) is 2.66. The van der Waals surface area contributed by atoms with Crippen molar-refractivity contribution in [1.82, 2.24) is 0 Å². The van der Waals surface area contributed by atoms with Gasteiger partial charge in [0, 0.05) is 35.4 Å². The van der Waals surface area contributed by atoms with Gasteiger partial charge in [-0.15, -0.1) is 0 Å². The summed E-state index contributed by atoms with van der Waals surface area (Å²) >= 11 is 3.35. The summed E-state index contributed by atoms with van der Waals surface area (Å²) in [5.41, 5.74) is 2.06. The van der Waals surface area contributed by atoms with Gasteiger partial charge in [-0.05, 0) is 30.2 Å². The van der Waals surface area contributed by atoms with E-state index in [1.165, 1.54) is 26.0 Å². The second-order valence-corrected chi connectivity index (χ2v) is 6.68. The standard InChI is InChI=1S/C20H15BrO5/c1-10(22)6-13-7-12(9-21)8-15-17(13)20(25)18-14(19(15)24)4-3-5-16(18)26-11(2)23/h3-5,7-8H,6,9H2,1-2H3. The van der Waals surface area contributed by atoms with Crippen LogP contribution in [0.25, 0.3) is 0 Å². The molecular formula is C20H15BrO5. The number of fused-ring (bicyclic) bond motifs is 2. The average Bonchev–Trinajstić information content (AvgIpc) is 2.57. The maximum Gasteiger partial charge on any atom is 0.308 e. The molecule has 0 atom stereocenters. The van der Waals surface area contributed by atoms with Crippen molar-refractivity contribution < 1.29 is 23.9 Å². The van der Waals surface area contributed by atoms with Crippen molar-refractivity contribution in [2.45, 2.75) is 25.6 Å². The van der Waals surface area contributed by atoms with E-state index in [4.69, 9.17) is 4.74 Å². The van der Waals surface area contributed by atoms with E-state index in [9.17, 15) is 19.2 Å². The summed E-state index contributed by atoms with van der Waals surface area (Å²) in [6, 6.07) is 8.00. The Morgan fingerprint density at radius 2 is 1.73 bits per heavy atom. The predicted molar refractivity (Wildman–Crippen MR) is 98.1 cm³/mol. The van der Waals surface area contributed by atoms with Crippen LogP contribution in [-0.2, 0) is 21.3 Å². The zero-order valence-electron chi connectivity index (χ0n) is 14.2. The first kappa shape index (κ1) is 18.2. The Balaban J connectivity index is 2.28. The molecule has 5 nitrogen and oxygen atoms in total. The number of esters is 1. The first-order valence-corrected chi connectivity index (χ1v) is 9.07. The van der Waals surface area contributed by atoms with Gasteiger partial charge in [-0.25, -0.2) is 0 Å². The van der Waals surface area contributed by atoms with Gasteiger partial charge in [-0.3, -0.25) is 19.2 Å². The van der Waals surface area contributed by atoms with Crippen LogP contribution < -0.4 is 4.74 Å². The fourth-order valence-electron chi connectivity index (χ4n) is 3.16. The van der Waals surface area contributed by atoms with Crippen molar-refractivity contribution in [3.63, 3.8) is 0 Å². The number of hydrogen-bond acceptors (Lipinski definition) is 5. The monoisotopic (exact) mass is 414 g/mol. The number of ether oxygens (including phenoxy) is 1. The number of benzene rings is 2. The molecule has 2 aromatic carbocycles. The van der Waals surface area contributed by atoms with Gasteiger partial charge in [0.1, 0.15) is 11.5 Å². The average molecular weight is 415 g/mol. The van der Waals surface area contributed by atoms with Crippen LogP contribution in [0.3, 0.4) is 0 Å². The lowest BCUT2D eigenvalue weighted by Crippen LogP contribution is -2.25. The van der Waals surface area contributed by atoms with Crippen LogP contribution in [0.2, 0.25) is 0 Å². The van der Waals surface area contributed by atoms with E-state index in [2.05, 4.69) is 15.9 Å². The van der Waals surface area contributed by atoms with E-state index < -0.39 is 11.8 Å². The summed E-state index contributed by atoms with van der Waals surface area (Å²) in [5.74, 6) is -1.38. The Morgan fingerprint density at radius 3 is 2.35 bits per heavy atom. The third-order valence-corrected chi connectivity index (χ3v) is 4.74. The zero-order valence-corrected chi connectivity index (χ0v) is 15.8. The molecule has 132 valence electrons. The van der Waals surface area contributed by atoms with E-state index >= 15 is 0 Å². The van der Waals surface area contributed by atoms with Crippen LogP contribution in [-0.4, -0.2) is 23.3 Å². The Labute approximate surface area is 158 Å². The summed E-state index contributed by atoms with van der Waals surface area (Å²) < 4.78 is 5.13. The summed E-state index contributed by atoms with van der Waals surface area (Å²) in [5, 5.41) is 0.493. The third-order valence-electron chi connectivity index (χ3n) is 4.10. The number of ketones is 3. The van der Waals surface area contributed by atoms with Crippen molar-refractivity contribution in [2.24, 2.45) is 0 Å². The molecule has 26 heavy (non-hydrogen) atoms. The van der Waals surface area contributed by atoms with Gasteiger partial charge < -0.3 is 4.74 Å². The van der Waals surface area contributed by atoms with Crippen LogP contribution in [0.15, 0.2) is 30.3 Å². The molecule has 0 N–H and O–H groups in total. The smallest absolute Gasteiger partial charge is 0.308 e. The highest BCUT2D eigenvalue weighted by Gasteiger charge is 2.35. The van der Waals surface area contributed by atoms with Gasteiger partial charge in [-0.1, -0.05) is 34.1 Å². The van der Waals surface area contributed by atoms with Crippen LogP contribution >= 0.6 is 15.9 Å². The lowest BCUT2D eigenvalue weighted by Gasteiger charge is -2.22. The van der Waals surface area contributed by atoms with E-state index in [1.54, 1.807) is 18.2 Å². The molecule has 0 aromatic heterocycles. The topological polar surface area (TPSA) is 77.5 Å². The number of halogens is 1. The fourth-order valence-corrected chi connectivity index (χ4v) is 3.49. The maximum atomic E-state index is 13.2. The van der Waals surface area contributed by atoms with Gasteiger partial charge in [0.05, 0.1) is 5.56 Å². The summed E-state index contributed by atoms with van der Waals surface area (Å²) in [4.78, 5) is 49.2. The number of rotatable bonds is 4. The molecule has 0 fully saturated rings. The fraction of sp³-hybridized carbons (Fsp3) is 0.200. The minimum absolute atomic E-state index is 0.0489. The van der Waals surface area contributed by atoms with Gasteiger partial charge >= 0.3 is 5.97 Å². The minimum atomic E-state index is -0.581. The van der Waals surface area contributed by atoms with Crippen LogP contribution in [0.4, 0.5) is 0 Å².